The molecule has 3 heterocycles. The fourth-order valence-electron chi connectivity index (χ4n) is 5.70. The summed E-state index contributed by atoms with van der Waals surface area (Å²) in [7, 11) is 0. The van der Waals surface area contributed by atoms with Crippen molar-refractivity contribution in [3.63, 3.8) is 0 Å². The Morgan fingerprint density at radius 1 is 1.19 bits per heavy atom. The standard InChI is InChI=1S/C26H35N5O/c1-16-6-5-7-24(28-16)29-25-18(3)26(20-8-9-20)31(19(4)32)23-11-10-21(14-22(23)25)30-13-12-27-17(2)15-30/h5-7,10-11,14,17-18,20,25-27H,8-9,12-13,15H2,1-4H3,(H,28,29)/t17?,18-,25-,26-/m1/s1. The smallest absolute Gasteiger partial charge is 0.224 e. The van der Waals surface area contributed by atoms with Gasteiger partial charge in [0.1, 0.15) is 5.82 Å². The summed E-state index contributed by atoms with van der Waals surface area (Å²) in [5.74, 6) is 1.93. The molecule has 6 nitrogen and oxygen atoms in total. The third-order valence-electron chi connectivity index (χ3n) is 7.34. The number of carbonyl (C=O) groups is 1. The van der Waals surface area contributed by atoms with E-state index in [0.717, 1.165) is 36.8 Å². The van der Waals surface area contributed by atoms with Crippen LogP contribution in [0.3, 0.4) is 0 Å². The molecule has 4 atom stereocenters. The maximum absolute atomic E-state index is 12.9. The zero-order chi connectivity index (χ0) is 22.4. The van der Waals surface area contributed by atoms with Crippen LogP contribution in [0, 0.1) is 18.8 Å². The highest BCUT2D eigenvalue weighted by atomic mass is 16.2. The topological polar surface area (TPSA) is 60.5 Å². The normalized spacial score (nSPS) is 27.8. The third kappa shape index (κ3) is 3.96. The molecule has 0 spiro atoms. The molecule has 0 bridgehead atoms. The Hall–Kier alpha value is -2.60. The van der Waals surface area contributed by atoms with E-state index in [1.807, 2.05) is 19.1 Å². The number of aryl methyl sites for hydroxylation is 1. The average molecular weight is 434 g/mol. The predicted octanol–water partition coefficient (Wildman–Crippen LogP) is 4.12. The summed E-state index contributed by atoms with van der Waals surface area (Å²) in [5, 5.41) is 7.29. The highest BCUT2D eigenvalue weighted by Crippen LogP contribution is 2.50. The van der Waals surface area contributed by atoms with Gasteiger partial charge in [-0.1, -0.05) is 13.0 Å². The van der Waals surface area contributed by atoms with Crippen LogP contribution in [0.2, 0.25) is 0 Å². The summed E-state index contributed by atoms with van der Waals surface area (Å²) in [6.07, 6.45) is 2.42. The second kappa shape index (κ2) is 8.39. The molecule has 1 saturated carbocycles. The van der Waals surface area contributed by atoms with Gasteiger partial charge >= 0.3 is 0 Å². The summed E-state index contributed by atoms with van der Waals surface area (Å²) < 4.78 is 0. The van der Waals surface area contributed by atoms with Gasteiger partial charge in [-0.2, -0.15) is 0 Å². The van der Waals surface area contributed by atoms with Crippen LogP contribution >= 0.6 is 0 Å². The Kier molecular flexibility index (Phi) is 5.58. The van der Waals surface area contributed by atoms with Crippen molar-refractivity contribution in [3.8, 4) is 0 Å². The molecule has 1 aliphatic carbocycles. The first-order chi connectivity index (χ1) is 15.4. The Morgan fingerprint density at radius 2 is 2.00 bits per heavy atom. The zero-order valence-electron chi connectivity index (χ0n) is 19.6. The predicted molar refractivity (Wildman–Crippen MR) is 130 cm³/mol. The number of piperazine rings is 1. The van der Waals surface area contributed by atoms with Crippen molar-refractivity contribution >= 4 is 23.1 Å². The molecular formula is C26H35N5O. The quantitative estimate of drug-likeness (QED) is 0.760. The van der Waals surface area contributed by atoms with E-state index in [-0.39, 0.29) is 18.0 Å². The Morgan fingerprint density at radius 3 is 2.69 bits per heavy atom. The summed E-state index contributed by atoms with van der Waals surface area (Å²) in [6.45, 7) is 11.3. The third-order valence-corrected chi connectivity index (χ3v) is 7.34. The van der Waals surface area contributed by atoms with Gasteiger partial charge in [-0.3, -0.25) is 4.79 Å². The number of anilines is 3. The van der Waals surface area contributed by atoms with Crippen LogP contribution in [0.4, 0.5) is 17.2 Å². The van der Waals surface area contributed by atoms with E-state index in [0.29, 0.717) is 17.9 Å². The Bertz CT molecular complexity index is 1000. The van der Waals surface area contributed by atoms with Gasteiger partial charge in [0.15, 0.2) is 0 Å². The number of hydrogen-bond acceptors (Lipinski definition) is 5. The van der Waals surface area contributed by atoms with Crippen LogP contribution in [-0.2, 0) is 4.79 Å². The van der Waals surface area contributed by atoms with Gasteiger partial charge < -0.3 is 20.4 Å². The minimum Gasteiger partial charge on any atom is -0.369 e. The van der Waals surface area contributed by atoms with Crippen LogP contribution < -0.4 is 20.4 Å². The number of pyridine rings is 1. The molecule has 1 saturated heterocycles. The molecule has 1 unspecified atom stereocenters. The molecule has 2 aromatic rings. The van der Waals surface area contributed by atoms with Crippen molar-refractivity contribution in [2.45, 2.75) is 58.7 Å². The number of benzene rings is 1. The Labute approximate surface area is 191 Å². The lowest BCUT2D eigenvalue weighted by Gasteiger charge is -2.46. The van der Waals surface area contributed by atoms with Crippen molar-refractivity contribution in [2.24, 2.45) is 11.8 Å². The van der Waals surface area contributed by atoms with Gasteiger partial charge in [-0.25, -0.2) is 4.98 Å². The lowest BCUT2D eigenvalue weighted by atomic mass is 9.79. The van der Waals surface area contributed by atoms with Gasteiger partial charge in [0, 0.05) is 67.2 Å². The maximum Gasteiger partial charge on any atom is 0.224 e. The highest BCUT2D eigenvalue weighted by Gasteiger charge is 2.47. The van der Waals surface area contributed by atoms with Crippen LogP contribution in [0.5, 0.6) is 0 Å². The minimum atomic E-state index is 0.112. The number of aromatic nitrogens is 1. The van der Waals surface area contributed by atoms with E-state index < -0.39 is 0 Å². The van der Waals surface area contributed by atoms with Crippen LogP contribution in [-0.4, -0.2) is 42.6 Å². The SMILES string of the molecule is CC(=O)N1c2ccc(N3CCNC(C)C3)cc2[C@H](Nc2cccc(C)n2)[C@@H](C)[C@@H]1C1CC1. The lowest BCUT2D eigenvalue weighted by molar-refractivity contribution is -0.117. The number of carbonyl (C=O) groups excluding carboxylic acids is 1. The highest BCUT2D eigenvalue weighted by molar-refractivity contribution is 5.94. The molecule has 3 aliphatic rings. The minimum absolute atomic E-state index is 0.112. The molecule has 2 aliphatic heterocycles. The van der Waals surface area contributed by atoms with Crippen molar-refractivity contribution in [1.82, 2.24) is 10.3 Å². The van der Waals surface area contributed by atoms with Crippen molar-refractivity contribution in [1.29, 1.82) is 0 Å². The largest absolute Gasteiger partial charge is 0.369 e. The summed E-state index contributed by atoms with van der Waals surface area (Å²) in [6, 6.07) is 13.6. The number of fused-ring (bicyclic) bond motifs is 1. The van der Waals surface area contributed by atoms with Gasteiger partial charge in [0.05, 0.1) is 6.04 Å². The monoisotopic (exact) mass is 433 g/mol. The van der Waals surface area contributed by atoms with Crippen molar-refractivity contribution in [3.05, 3.63) is 47.7 Å². The lowest BCUT2D eigenvalue weighted by Crippen LogP contribution is -2.51. The van der Waals surface area contributed by atoms with Crippen molar-refractivity contribution < 1.29 is 4.79 Å². The molecule has 6 heteroatoms. The van der Waals surface area contributed by atoms with E-state index in [1.54, 1.807) is 6.92 Å². The van der Waals surface area contributed by atoms with Gasteiger partial charge in [-0.15, -0.1) is 0 Å². The van der Waals surface area contributed by atoms with E-state index in [9.17, 15) is 4.79 Å². The first kappa shape index (κ1) is 21.3. The molecule has 170 valence electrons. The molecule has 32 heavy (non-hydrogen) atoms. The molecule has 1 aromatic heterocycles. The fourth-order valence-corrected chi connectivity index (χ4v) is 5.70. The fraction of sp³-hybridized carbons (Fsp3) is 0.538. The second-order valence-corrected chi connectivity index (χ2v) is 9.91. The number of nitrogens with zero attached hydrogens (tertiary/aromatic N) is 3. The van der Waals surface area contributed by atoms with E-state index in [2.05, 4.69) is 58.5 Å². The zero-order valence-corrected chi connectivity index (χ0v) is 19.6. The molecule has 1 aromatic carbocycles. The number of amides is 1. The first-order valence-corrected chi connectivity index (χ1v) is 12.0. The number of hydrogen-bond donors (Lipinski definition) is 2. The average Bonchev–Trinajstić information content (AvgIpc) is 3.60. The number of nitrogens with one attached hydrogen (secondary N) is 2. The van der Waals surface area contributed by atoms with Crippen LogP contribution in [0.1, 0.15) is 50.9 Å². The summed E-state index contributed by atoms with van der Waals surface area (Å²) in [5.41, 5.74) is 4.51. The maximum atomic E-state index is 12.9. The van der Waals surface area contributed by atoms with Gasteiger partial charge in [-0.05, 0) is 62.9 Å². The van der Waals surface area contributed by atoms with Crippen LogP contribution in [0.25, 0.3) is 0 Å². The molecular weight excluding hydrogens is 398 g/mol. The summed E-state index contributed by atoms with van der Waals surface area (Å²) in [4.78, 5) is 22.1. The Balaban J connectivity index is 1.58. The molecule has 5 rings (SSSR count). The van der Waals surface area contributed by atoms with Gasteiger partial charge in [0.2, 0.25) is 5.91 Å². The molecule has 2 fully saturated rings. The van der Waals surface area contributed by atoms with Crippen LogP contribution in [0.15, 0.2) is 36.4 Å². The first-order valence-electron chi connectivity index (χ1n) is 12.0. The molecule has 2 N–H and O–H groups in total. The molecule has 0 radical (unpaired) electrons. The van der Waals surface area contributed by atoms with E-state index in [1.165, 1.54) is 24.1 Å². The van der Waals surface area contributed by atoms with E-state index >= 15 is 0 Å². The van der Waals surface area contributed by atoms with E-state index in [4.69, 9.17) is 4.98 Å². The van der Waals surface area contributed by atoms with Gasteiger partial charge in [0.25, 0.3) is 0 Å². The second-order valence-electron chi connectivity index (χ2n) is 9.91. The summed E-state index contributed by atoms with van der Waals surface area (Å²) >= 11 is 0. The molecule has 1 amide bonds. The van der Waals surface area contributed by atoms with Crippen molar-refractivity contribution in [2.75, 3.05) is 34.8 Å². The number of rotatable bonds is 4.